The fraction of sp³-hybridized carbons (Fsp3) is 0.851. The lowest BCUT2D eigenvalue weighted by molar-refractivity contribution is -0.122. The Labute approximate surface area is 336 Å². The fourth-order valence-electron chi connectivity index (χ4n) is 7.11. The van der Waals surface area contributed by atoms with Crippen LogP contribution in [-0.2, 0) is 14.9 Å². The Morgan fingerprint density at radius 1 is 0.500 bits per heavy atom. The second kappa shape index (κ2) is 41.2. The van der Waals surface area contributed by atoms with Gasteiger partial charge >= 0.3 is 0 Å². The number of carbonyl (C=O) groups excluding carboxylic acids is 1. The highest BCUT2D eigenvalue weighted by atomic mass is 32.2. The van der Waals surface area contributed by atoms with Gasteiger partial charge in [-0.3, -0.25) is 9.35 Å². The Kier molecular flexibility index (Phi) is 40.1. The number of allylic oxidation sites excluding steroid dienone is 6. The quantitative estimate of drug-likeness (QED) is 0.0325. The molecule has 0 radical (unpaired) electrons. The van der Waals surface area contributed by atoms with E-state index in [4.69, 9.17) is 0 Å². The first-order valence-electron chi connectivity index (χ1n) is 23.2. The van der Waals surface area contributed by atoms with E-state index in [1.807, 2.05) is 0 Å². The number of hydrogen-bond acceptors (Lipinski definition) is 4. The molecule has 1 amide bonds. The van der Waals surface area contributed by atoms with Crippen LogP contribution in [0.4, 0.5) is 0 Å². The van der Waals surface area contributed by atoms with Crippen LogP contribution >= 0.6 is 0 Å². The first-order valence-corrected chi connectivity index (χ1v) is 24.8. The summed E-state index contributed by atoms with van der Waals surface area (Å²) in [6.07, 6.45) is 53.8. The van der Waals surface area contributed by atoms with E-state index in [9.17, 15) is 22.9 Å². The largest absolute Gasteiger partial charge is 0.391 e. The van der Waals surface area contributed by atoms with Gasteiger partial charge in [0.15, 0.2) is 0 Å². The highest BCUT2D eigenvalue weighted by Gasteiger charge is 2.26. The van der Waals surface area contributed by atoms with Crippen LogP contribution in [0.3, 0.4) is 0 Å². The van der Waals surface area contributed by atoms with E-state index in [1.54, 1.807) is 0 Å². The van der Waals surface area contributed by atoms with Crippen LogP contribution in [0.5, 0.6) is 0 Å². The first-order chi connectivity index (χ1) is 26.3. The number of unbranched alkanes of at least 4 members (excludes halogenated alkanes) is 28. The Balaban J connectivity index is 3.83. The van der Waals surface area contributed by atoms with Gasteiger partial charge in [0, 0.05) is 6.42 Å². The van der Waals surface area contributed by atoms with Crippen LogP contribution in [0, 0.1) is 0 Å². The van der Waals surface area contributed by atoms with Gasteiger partial charge in [-0.2, -0.15) is 8.42 Å². The molecule has 0 aromatic heterocycles. The van der Waals surface area contributed by atoms with Gasteiger partial charge in [0.05, 0.1) is 17.9 Å². The highest BCUT2D eigenvalue weighted by Crippen LogP contribution is 2.16. The number of aliphatic hydroxyl groups is 1. The second-order valence-electron chi connectivity index (χ2n) is 16.0. The molecule has 54 heavy (non-hydrogen) atoms. The van der Waals surface area contributed by atoms with Crippen LogP contribution in [0.2, 0.25) is 0 Å². The lowest BCUT2D eigenvalue weighted by Gasteiger charge is -2.23. The first kappa shape index (κ1) is 52.6. The molecule has 0 aromatic rings. The van der Waals surface area contributed by atoms with E-state index in [-0.39, 0.29) is 5.91 Å². The van der Waals surface area contributed by atoms with E-state index in [0.29, 0.717) is 12.8 Å². The maximum absolute atomic E-state index is 12.6. The molecule has 0 fully saturated rings. The molecule has 0 aliphatic heterocycles. The monoisotopic (exact) mass is 780 g/mol. The normalized spacial score (nSPS) is 13.5. The van der Waals surface area contributed by atoms with E-state index >= 15 is 0 Å². The number of rotatable bonds is 42. The molecule has 0 aromatic carbocycles. The van der Waals surface area contributed by atoms with Crippen molar-refractivity contribution in [2.24, 2.45) is 0 Å². The molecule has 318 valence electrons. The SMILES string of the molecule is CCCCC/C=C\C/C=C\C/C=C\CCCCCCCCC(=O)NC(CS(=O)(=O)O)C(O)CCCCCCCCCCCCCCCCCCCCCC. The summed E-state index contributed by atoms with van der Waals surface area (Å²) in [5, 5.41) is 13.4. The van der Waals surface area contributed by atoms with Gasteiger partial charge in [0.1, 0.15) is 0 Å². The van der Waals surface area contributed by atoms with E-state index in [1.165, 1.54) is 148 Å². The van der Waals surface area contributed by atoms with E-state index in [0.717, 1.165) is 64.2 Å². The summed E-state index contributed by atoms with van der Waals surface area (Å²) in [6, 6.07) is -0.978. The molecule has 0 heterocycles. The van der Waals surface area contributed by atoms with Gasteiger partial charge in [-0.15, -0.1) is 0 Å². The maximum atomic E-state index is 12.6. The summed E-state index contributed by atoms with van der Waals surface area (Å²) in [5.74, 6) is -0.909. The van der Waals surface area contributed by atoms with Gasteiger partial charge < -0.3 is 10.4 Å². The van der Waals surface area contributed by atoms with Gasteiger partial charge in [-0.1, -0.05) is 217 Å². The smallest absolute Gasteiger partial charge is 0.266 e. The van der Waals surface area contributed by atoms with Crippen molar-refractivity contribution in [1.82, 2.24) is 5.32 Å². The molecule has 0 bridgehead atoms. The molecular weight excluding hydrogens is 691 g/mol. The number of aliphatic hydroxyl groups excluding tert-OH is 1. The minimum Gasteiger partial charge on any atom is -0.391 e. The van der Waals surface area contributed by atoms with Crippen molar-refractivity contribution in [2.75, 3.05) is 5.75 Å². The molecule has 0 aliphatic rings. The number of carbonyl (C=O) groups is 1. The number of amides is 1. The van der Waals surface area contributed by atoms with E-state index < -0.39 is 28.0 Å². The topological polar surface area (TPSA) is 104 Å². The van der Waals surface area contributed by atoms with Gasteiger partial charge in [-0.05, 0) is 51.4 Å². The minimum absolute atomic E-state index is 0.256. The highest BCUT2D eigenvalue weighted by molar-refractivity contribution is 7.85. The molecule has 0 saturated heterocycles. The van der Waals surface area contributed by atoms with Crippen molar-refractivity contribution in [3.8, 4) is 0 Å². The van der Waals surface area contributed by atoms with Crippen LogP contribution in [0.15, 0.2) is 36.5 Å². The molecular formula is C47H89NO5S. The molecule has 7 heteroatoms. The molecule has 2 atom stereocenters. The molecule has 0 spiro atoms. The summed E-state index contributed by atoms with van der Waals surface area (Å²) in [5.41, 5.74) is 0. The maximum Gasteiger partial charge on any atom is 0.266 e. The Hall–Kier alpha value is -1.44. The molecule has 2 unspecified atom stereocenters. The van der Waals surface area contributed by atoms with Gasteiger partial charge in [0.25, 0.3) is 10.1 Å². The average Bonchev–Trinajstić information content (AvgIpc) is 3.14. The number of hydrogen-bond donors (Lipinski definition) is 3. The van der Waals surface area contributed by atoms with Crippen molar-refractivity contribution < 1.29 is 22.9 Å². The Bertz CT molecular complexity index is 992. The standard InChI is InChI=1S/C47H89NO5S/c1-3-5-7-9-11-13-15-17-19-21-23-25-26-28-30-32-34-36-38-40-42-46(49)45(44-54(51,52)53)48-47(50)43-41-39-37-35-33-31-29-27-24-22-20-18-16-14-12-10-8-6-4-2/h12,14,18,20,24,27,45-46,49H,3-11,13,15-17,19,21-23,25-26,28-44H2,1-2H3,(H,48,50)(H,51,52,53)/b14-12-,20-18-,27-24-. The van der Waals surface area contributed by atoms with Crippen LogP contribution in [0.25, 0.3) is 0 Å². The zero-order valence-electron chi connectivity index (χ0n) is 35.6. The van der Waals surface area contributed by atoms with Crippen molar-refractivity contribution in [3.63, 3.8) is 0 Å². The third-order valence-corrected chi connectivity index (χ3v) is 11.4. The van der Waals surface area contributed by atoms with Crippen molar-refractivity contribution >= 4 is 16.0 Å². The summed E-state index contributed by atoms with van der Waals surface area (Å²) in [7, 11) is -4.32. The lowest BCUT2D eigenvalue weighted by Crippen LogP contribution is -2.47. The van der Waals surface area contributed by atoms with Crippen LogP contribution in [0.1, 0.15) is 239 Å². The summed E-state index contributed by atoms with van der Waals surface area (Å²) < 4.78 is 32.7. The van der Waals surface area contributed by atoms with Crippen LogP contribution < -0.4 is 5.32 Å². The third-order valence-electron chi connectivity index (χ3n) is 10.6. The molecule has 0 saturated carbocycles. The van der Waals surface area contributed by atoms with Crippen LogP contribution in [-0.4, -0.2) is 41.9 Å². The van der Waals surface area contributed by atoms with E-state index in [2.05, 4.69) is 55.6 Å². The summed E-state index contributed by atoms with van der Waals surface area (Å²) >= 11 is 0. The predicted octanol–water partition coefficient (Wildman–Crippen LogP) is 14.1. The van der Waals surface area contributed by atoms with Gasteiger partial charge in [0.2, 0.25) is 5.91 Å². The Morgan fingerprint density at radius 2 is 0.833 bits per heavy atom. The van der Waals surface area contributed by atoms with Crippen molar-refractivity contribution in [2.45, 2.75) is 251 Å². The Morgan fingerprint density at radius 3 is 1.26 bits per heavy atom. The molecule has 0 rings (SSSR count). The number of nitrogens with one attached hydrogen (secondary N) is 1. The fourth-order valence-corrected chi connectivity index (χ4v) is 7.87. The third kappa shape index (κ3) is 41.7. The van der Waals surface area contributed by atoms with Crippen molar-refractivity contribution in [1.29, 1.82) is 0 Å². The lowest BCUT2D eigenvalue weighted by atomic mass is 10.0. The molecule has 6 nitrogen and oxygen atoms in total. The van der Waals surface area contributed by atoms with Crippen molar-refractivity contribution in [3.05, 3.63) is 36.5 Å². The minimum atomic E-state index is -4.32. The zero-order chi connectivity index (χ0) is 39.6. The average molecular weight is 780 g/mol. The predicted molar refractivity (Wildman–Crippen MR) is 235 cm³/mol. The summed E-state index contributed by atoms with van der Waals surface area (Å²) in [6.45, 7) is 4.51. The molecule has 0 aliphatic carbocycles. The summed E-state index contributed by atoms with van der Waals surface area (Å²) in [4.78, 5) is 12.6. The van der Waals surface area contributed by atoms with Gasteiger partial charge in [-0.25, -0.2) is 0 Å². The second-order valence-corrected chi connectivity index (χ2v) is 17.5. The molecule has 3 N–H and O–H groups in total. The zero-order valence-corrected chi connectivity index (χ0v) is 36.4.